The summed E-state index contributed by atoms with van der Waals surface area (Å²) in [4.78, 5) is 15.4. The van der Waals surface area contributed by atoms with E-state index in [1.165, 1.54) is 30.1 Å². The maximum Gasteiger partial charge on any atom is 0.292 e. The summed E-state index contributed by atoms with van der Waals surface area (Å²) in [6, 6.07) is 9.41. The molecule has 40 heavy (non-hydrogen) atoms. The van der Waals surface area contributed by atoms with E-state index in [1.54, 1.807) is 24.3 Å². The first-order chi connectivity index (χ1) is 19.4. The highest BCUT2D eigenvalue weighted by Crippen LogP contribution is 2.30. The van der Waals surface area contributed by atoms with E-state index < -0.39 is 11.7 Å². The minimum atomic E-state index is -0.577. The highest BCUT2D eigenvalue weighted by atomic mass is 35.5. The number of carbonyl (C=O) groups excluding carboxylic acids is 1. The van der Waals surface area contributed by atoms with Crippen LogP contribution in [-0.2, 0) is 13.2 Å². The summed E-state index contributed by atoms with van der Waals surface area (Å²) in [7, 11) is 1.47. The summed E-state index contributed by atoms with van der Waals surface area (Å²) in [6.45, 7) is 2.13. The second-order valence-electron chi connectivity index (χ2n) is 8.85. The molecule has 4 aromatic rings. The number of aromatic nitrogens is 5. The SMILES string of the molecule is COc1cc(/C=N/NC(=O)c2c(CN3CCCC3)nnn2-c2nonc2N)ccc1OCc1c(F)cccc1Cl. The number of amides is 1. The number of ether oxygens (including phenoxy) is 2. The Hall–Kier alpha value is -4.56. The number of nitrogens with two attached hydrogens (primary N) is 1. The molecule has 1 aliphatic heterocycles. The molecule has 0 unspecified atom stereocenters. The number of rotatable bonds is 10. The molecule has 1 saturated heterocycles. The standard InChI is InChI=1S/C25H25ClFN9O4/c1-38-21-11-15(7-8-20(21)39-14-16-17(26)5-4-6-18(16)27)12-29-31-25(37)22-19(13-35-9-2-3-10-35)30-34-36(22)24-23(28)32-40-33-24/h4-8,11-12H,2-3,9-10,13-14H2,1H3,(H2,28,32)(H,31,37)/b29-12+. The van der Waals surface area contributed by atoms with Gasteiger partial charge >= 0.3 is 0 Å². The topological polar surface area (TPSA) is 159 Å². The number of nitrogens with one attached hydrogen (secondary N) is 1. The van der Waals surface area contributed by atoms with Gasteiger partial charge < -0.3 is 15.2 Å². The third-order valence-corrected chi connectivity index (χ3v) is 6.58. The van der Waals surface area contributed by atoms with Crippen LogP contribution in [0.3, 0.4) is 0 Å². The maximum absolute atomic E-state index is 14.1. The minimum Gasteiger partial charge on any atom is -0.493 e. The third-order valence-electron chi connectivity index (χ3n) is 6.22. The van der Waals surface area contributed by atoms with Crippen LogP contribution in [0.4, 0.5) is 10.2 Å². The van der Waals surface area contributed by atoms with Crippen LogP contribution in [0.25, 0.3) is 5.82 Å². The zero-order valence-electron chi connectivity index (χ0n) is 21.4. The first-order valence-electron chi connectivity index (χ1n) is 12.3. The largest absolute Gasteiger partial charge is 0.493 e. The molecule has 3 N–H and O–H groups in total. The molecule has 2 aromatic heterocycles. The van der Waals surface area contributed by atoms with E-state index in [-0.39, 0.29) is 34.5 Å². The molecule has 0 atom stereocenters. The first kappa shape index (κ1) is 27.0. The summed E-state index contributed by atoms with van der Waals surface area (Å²) < 4.78 is 31.1. The van der Waals surface area contributed by atoms with Crippen LogP contribution >= 0.6 is 11.6 Å². The molecule has 0 bridgehead atoms. The molecule has 0 radical (unpaired) electrons. The van der Waals surface area contributed by atoms with Gasteiger partial charge in [0.1, 0.15) is 18.1 Å². The molecule has 15 heteroatoms. The second kappa shape index (κ2) is 12.1. The Morgan fingerprint density at radius 2 is 2.08 bits per heavy atom. The Kier molecular flexibility index (Phi) is 8.17. The highest BCUT2D eigenvalue weighted by molar-refractivity contribution is 6.31. The lowest BCUT2D eigenvalue weighted by Gasteiger charge is -2.13. The fourth-order valence-electron chi connectivity index (χ4n) is 4.21. The third kappa shape index (κ3) is 5.87. The second-order valence-corrected chi connectivity index (χ2v) is 9.26. The van der Waals surface area contributed by atoms with Crippen molar-refractivity contribution in [3.8, 4) is 17.3 Å². The van der Waals surface area contributed by atoms with Crippen LogP contribution in [-0.4, -0.2) is 62.5 Å². The summed E-state index contributed by atoms with van der Waals surface area (Å²) in [5.41, 5.74) is 9.71. The molecule has 0 spiro atoms. The molecular formula is C25H25ClFN9O4. The number of anilines is 1. The fraction of sp³-hybridized carbons (Fsp3) is 0.280. The van der Waals surface area contributed by atoms with E-state index >= 15 is 0 Å². The van der Waals surface area contributed by atoms with Gasteiger partial charge in [0.05, 0.1) is 18.3 Å². The van der Waals surface area contributed by atoms with Crippen molar-refractivity contribution in [1.29, 1.82) is 0 Å². The molecule has 1 amide bonds. The van der Waals surface area contributed by atoms with E-state index in [1.807, 2.05) is 0 Å². The van der Waals surface area contributed by atoms with Gasteiger partial charge in [-0.3, -0.25) is 9.69 Å². The van der Waals surface area contributed by atoms with Gasteiger partial charge in [0, 0.05) is 12.1 Å². The van der Waals surface area contributed by atoms with Gasteiger partial charge in [-0.2, -0.15) is 9.78 Å². The van der Waals surface area contributed by atoms with Crippen LogP contribution in [0.15, 0.2) is 46.1 Å². The highest BCUT2D eigenvalue weighted by Gasteiger charge is 2.27. The number of nitrogen functional groups attached to an aromatic ring is 1. The average Bonchev–Trinajstić information content (AvgIpc) is 3.70. The van der Waals surface area contributed by atoms with Gasteiger partial charge in [0.2, 0.25) is 11.6 Å². The summed E-state index contributed by atoms with van der Waals surface area (Å²) >= 11 is 6.08. The molecule has 1 fully saturated rings. The number of nitrogens with zero attached hydrogens (tertiary/aromatic N) is 7. The number of hydrogen-bond acceptors (Lipinski definition) is 11. The molecule has 13 nitrogen and oxygen atoms in total. The maximum atomic E-state index is 14.1. The van der Waals surface area contributed by atoms with Crippen molar-refractivity contribution in [2.75, 3.05) is 25.9 Å². The molecular weight excluding hydrogens is 545 g/mol. The van der Waals surface area contributed by atoms with Crippen LogP contribution in [0.2, 0.25) is 5.02 Å². The molecule has 0 saturated carbocycles. The number of hydrazone groups is 1. The Bertz CT molecular complexity index is 1510. The molecule has 1 aliphatic rings. The van der Waals surface area contributed by atoms with E-state index in [0.29, 0.717) is 29.3 Å². The summed E-state index contributed by atoms with van der Waals surface area (Å²) in [5, 5.41) is 19.9. The molecule has 3 heterocycles. The van der Waals surface area contributed by atoms with E-state index in [0.717, 1.165) is 25.9 Å². The number of methoxy groups -OCH3 is 1. The van der Waals surface area contributed by atoms with Crippen LogP contribution in [0.1, 0.15) is 40.2 Å². The van der Waals surface area contributed by atoms with Gasteiger partial charge in [-0.25, -0.2) is 14.4 Å². The fourth-order valence-corrected chi connectivity index (χ4v) is 4.43. The van der Waals surface area contributed by atoms with Gasteiger partial charge in [0.25, 0.3) is 5.91 Å². The minimum absolute atomic E-state index is 0.0400. The van der Waals surface area contributed by atoms with Crippen LogP contribution in [0.5, 0.6) is 11.5 Å². The van der Waals surface area contributed by atoms with Crippen molar-refractivity contribution < 1.29 is 23.3 Å². The monoisotopic (exact) mass is 569 g/mol. The van der Waals surface area contributed by atoms with E-state index in [9.17, 15) is 9.18 Å². The average molecular weight is 570 g/mol. The summed E-state index contributed by atoms with van der Waals surface area (Å²) in [5.74, 6) is -0.274. The Labute approximate surface area is 232 Å². The van der Waals surface area contributed by atoms with Crippen LogP contribution in [0, 0.1) is 5.82 Å². The molecule has 208 valence electrons. The number of likely N-dealkylation sites (tertiary alicyclic amines) is 1. The van der Waals surface area contributed by atoms with Crippen molar-refractivity contribution in [3.63, 3.8) is 0 Å². The van der Waals surface area contributed by atoms with Crippen molar-refractivity contribution in [3.05, 3.63) is 69.8 Å². The Balaban J connectivity index is 1.30. The number of halogens is 2. The quantitative estimate of drug-likeness (QED) is 0.215. The zero-order valence-corrected chi connectivity index (χ0v) is 22.1. The van der Waals surface area contributed by atoms with Crippen LogP contribution < -0.4 is 20.6 Å². The van der Waals surface area contributed by atoms with Gasteiger partial charge in [-0.15, -0.1) is 5.10 Å². The van der Waals surface area contributed by atoms with Crippen molar-refractivity contribution in [1.82, 2.24) is 35.6 Å². The predicted octanol–water partition coefficient (Wildman–Crippen LogP) is 2.97. The molecule has 5 rings (SSSR count). The smallest absolute Gasteiger partial charge is 0.292 e. The summed E-state index contributed by atoms with van der Waals surface area (Å²) in [6.07, 6.45) is 3.58. The van der Waals surface area contributed by atoms with E-state index in [4.69, 9.17) is 26.8 Å². The zero-order chi connectivity index (χ0) is 28.1. The predicted molar refractivity (Wildman–Crippen MR) is 142 cm³/mol. The van der Waals surface area contributed by atoms with Crippen molar-refractivity contribution >= 4 is 29.5 Å². The lowest BCUT2D eigenvalue weighted by Crippen LogP contribution is -2.26. The van der Waals surface area contributed by atoms with Gasteiger partial charge in [-0.1, -0.05) is 22.9 Å². The van der Waals surface area contributed by atoms with Gasteiger partial charge in [-0.05, 0) is 72.1 Å². The normalized spacial score (nSPS) is 13.7. The van der Waals surface area contributed by atoms with Crippen molar-refractivity contribution in [2.45, 2.75) is 26.0 Å². The molecule has 2 aromatic carbocycles. The van der Waals surface area contributed by atoms with Crippen molar-refractivity contribution in [2.24, 2.45) is 5.10 Å². The lowest BCUT2D eigenvalue weighted by molar-refractivity contribution is 0.0945. The first-order valence-corrected chi connectivity index (χ1v) is 12.6. The lowest BCUT2D eigenvalue weighted by atomic mass is 10.2. The van der Waals surface area contributed by atoms with Gasteiger partial charge in [0.15, 0.2) is 17.2 Å². The Morgan fingerprint density at radius 3 is 2.80 bits per heavy atom. The number of hydrogen-bond donors (Lipinski definition) is 2. The number of carbonyl (C=O) groups is 1. The Morgan fingerprint density at radius 1 is 1.25 bits per heavy atom. The number of benzene rings is 2. The van der Waals surface area contributed by atoms with E-state index in [2.05, 4.69) is 40.7 Å². The molecule has 0 aliphatic carbocycles.